The summed E-state index contributed by atoms with van der Waals surface area (Å²) in [7, 11) is 2.96. The lowest BCUT2D eigenvalue weighted by atomic mass is 9.96. The van der Waals surface area contributed by atoms with Crippen LogP contribution in [0.25, 0.3) is 22.3 Å². The first kappa shape index (κ1) is 21.7. The Labute approximate surface area is 180 Å². The molecular weight excluding hydrogens is 396 g/mol. The fourth-order valence-corrected chi connectivity index (χ4v) is 3.22. The molecule has 160 valence electrons. The molecule has 0 aromatic heterocycles. The maximum absolute atomic E-state index is 11.0. The van der Waals surface area contributed by atoms with Crippen molar-refractivity contribution in [3.8, 4) is 56.8 Å². The Hall–Kier alpha value is -4.02. The summed E-state index contributed by atoms with van der Waals surface area (Å²) >= 11 is 0. The number of methoxy groups -OCH3 is 2. The highest BCUT2D eigenvalue weighted by Crippen LogP contribution is 2.50. The predicted octanol–water partition coefficient (Wildman–Crippen LogP) is 5.26. The van der Waals surface area contributed by atoms with E-state index in [-0.39, 0.29) is 29.6 Å². The SMILES string of the molecule is CC=C=CCOc1ccc(-c2c(OC)cc(-c3ccc(O)cc3)c(OC)c2O)cc1O. The summed E-state index contributed by atoms with van der Waals surface area (Å²) < 4.78 is 16.5. The van der Waals surface area contributed by atoms with Crippen LogP contribution in [0.15, 0.2) is 66.4 Å². The van der Waals surface area contributed by atoms with E-state index in [0.29, 0.717) is 28.2 Å². The fourth-order valence-electron chi connectivity index (χ4n) is 3.22. The molecule has 0 aliphatic rings. The van der Waals surface area contributed by atoms with Crippen molar-refractivity contribution < 1.29 is 29.5 Å². The lowest BCUT2D eigenvalue weighted by Gasteiger charge is -2.18. The Morgan fingerprint density at radius 2 is 1.58 bits per heavy atom. The van der Waals surface area contributed by atoms with Crippen molar-refractivity contribution in [1.82, 2.24) is 0 Å². The predicted molar refractivity (Wildman–Crippen MR) is 119 cm³/mol. The van der Waals surface area contributed by atoms with Gasteiger partial charge in [-0.2, -0.15) is 0 Å². The van der Waals surface area contributed by atoms with Gasteiger partial charge in [0.05, 0.1) is 19.8 Å². The topological polar surface area (TPSA) is 88.4 Å². The molecule has 0 amide bonds. The maximum Gasteiger partial charge on any atom is 0.170 e. The molecule has 3 aromatic rings. The summed E-state index contributed by atoms with van der Waals surface area (Å²) in [6.45, 7) is 2.12. The molecule has 0 spiro atoms. The molecule has 3 aromatic carbocycles. The highest BCUT2D eigenvalue weighted by molar-refractivity contribution is 5.88. The van der Waals surface area contributed by atoms with Crippen molar-refractivity contribution in [2.75, 3.05) is 20.8 Å². The summed E-state index contributed by atoms with van der Waals surface area (Å²) in [6.07, 6.45) is 3.46. The molecule has 0 atom stereocenters. The van der Waals surface area contributed by atoms with Gasteiger partial charge in [0.1, 0.15) is 18.1 Å². The smallest absolute Gasteiger partial charge is 0.170 e. The van der Waals surface area contributed by atoms with Gasteiger partial charge < -0.3 is 29.5 Å². The highest BCUT2D eigenvalue weighted by atomic mass is 16.5. The zero-order valence-corrected chi connectivity index (χ0v) is 17.5. The van der Waals surface area contributed by atoms with E-state index in [0.717, 1.165) is 5.56 Å². The number of phenolic OH excluding ortho intramolecular Hbond substituents is 3. The largest absolute Gasteiger partial charge is 0.508 e. The van der Waals surface area contributed by atoms with Crippen LogP contribution in [0.3, 0.4) is 0 Å². The minimum atomic E-state index is -0.131. The third-order valence-electron chi connectivity index (χ3n) is 4.67. The number of hydrogen-bond donors (Lipinski definition) is 3. The first-order chi connectivity index (χ1) is 15.0. The number of phenols is 3. The minimum absolute atomic E-state index is 0.0746. The molecule has 0 saturated heterocycles. The Morgan fingerprint density at radius 1 is 0.871 bits per heavy atom. The van der Waals surface area contributed by atoms with Crippen molar-refractivity contribution in [1.29, 1.82) is 0 Å². The number of hydrogen-bond acceptors (Lipinski definition) is 6. The van der Waals surface area contributed by atoms with Crippen molar-refractivity contribution in [3.05, 3.63) is 66.4 Å². The summed E-state index contributed by atoms with van der Waals surface area (Å²) in [5.41, 5.74) is 5.13. The van der Waals surface area contributed by atoms with E-state index in [9.17, 15) is 15.3 Å². The van der Waals surface area contributed by atoms with Crippen LogP contribution in [0.4, 0.5) is 0 Å². The Morgan fingerprint density at radius 3 is 2.19 bits per heavy atom. The second-order valence-corrected chi connectivity index (χ2v) is 6.58. The normalized spacial score (nSPS) is 10.2. The summed E-state index contributed by atoms with van der Waals surface area (Å²) in [5, 5.41) is 31.0. The van der Waals surface area contributed by atoms with Crippen molar-refractivity contribution >= 4 is 0 Å². The minimum Gasteiger partial charge on any atom is -0.508 e. The van der Waals surface area contributed by atoms with E-state index in [4.69, 9.17) is 14.2 Å². The fraction of sp³-hybridized carbons (Fsp3) is 0.160. The van der Waals surface area contributed by atoms with Crippen LogP contribution in [0.2, 0.25) is 0 Å². The molecule has 0 unspecified atom stereocenters. The van der Waals surface area contributed by atoms with Crippen molar-refractivity contribution in [2.45, 2.75) is 6.92 Å². The van der Waals surface area contributed by atoms with E-state index in [1.54, 1.807) is 54.6 Å². The molecule has 0 fully saturated rings. The molecule has 31 heavy (non-hydrogen) atoms. The second kappa shape index (κ2) is 9.65. The molecule has 0 aliphatic heterocycles. The third kappa shape index (κ3) is 4.60. The summed E-state index contributed by atoms with van der Waals surface area (Å²) in [4.78, 5) is 0. The number of ether oxygens (including phenoxy) is 3. The number of rotatable bonds is 7. The van der Waals surface area contributed by atoms with Gasteiger partial charge in [0.2, 0.25) is 0 Å². The van der Waals surface area contributed by atoms with Crippen LogP contribution in [0.1, 0.15) is 6.92 Å². The molecule has 0 aliphatic carbocycles. The standard InChI is InChI=1S/C25H24O6/c1-4-5-6-13-31-21-12-9-17(14-20(21)27)23-22(29-2)15-19(25(30-3)24(23)28)16-7-10-18(26)11-8-16/h4,6-12,14-15,26-28H,13H2,1-3H3. The number of benzene rings is 3. The van der Waals surface area contributed by atoms with Crippen molar-refractivity contribution in [3.63, 3.8) is 0 Å². The molecule has 0 heterocycles. The monoisotopic (exact) mass is 420 g/mol. The van der Waals surface area contributed by atoms with Gasteiger partial charge in [0, 0.05) is 5.56 Å². The van der Waals surface area contributed by atoms with Gasteiger partial charge in [-0.15, -0.1) is 5.73 Å². The van der Waals surface area contributed by atoms with Gasteiger partial charge in [-0.1, -0.05) is 18.2 Å². The molecule has 0 saturated carbocycles. The van der Waals surface area contributed by atoms with E-state index < -0.39 is 0 Å². The van der Waals surface area contributed by atoms with Gasteiger partial charge in [0.15, 0.2) is 23.0 Å². The first-order valence-corrected chi connectivity index (χ1v) is 9.59. The van der Waals surface area contributed by atoms with Crippen LogP contribution in [-0.2, 0) is 0 Å². The summed E-state index contributed by atoms with van der Waals surface area (Å²) in [6, 6.07) is 13.1. The molecule has 3 rings (SSSR count). The van der Waals surface area contributed by atoms with E-state index in [1.165, 1.54) is 20.3 Å². The van der Waals surface area contributed by atoms with E-state index in [2.05, 4.69) is 5.73 Å². The summed E-state index contributed by atoms with van der Waals surface area (Å²) in [5.74, 6) is 0.880. The van der Waals surface area contributed by atoms with Crippen molar-refractivity contribution in [2.24, 2.45) is 0 Å². The lowest BCUT2D eigenvalue weighted by Crippen LogP contribution is -1.96. The second-order valence-electron chi connectivity index (χ2n) is 6.58. The van der Waals surface area contributed by atoms with Crippen LogP contribution in [0, 0.1) is 0 Å². The average molecular weight is 420 g/mol. The maximum atomic E-state index is 11.0. The molecular formula is C25H24O6. The number of aromatic hydroxyl groups is 3. The molecule has 6 heteroatoms. The van der Waals surface area contributed by atoms with Crippen LogP contribution in [0.5, 0.6) is 34.5 Å². The Bertz CT molecular complexity index is 1130. The van der Waals surface area contributed by atoms with Crippen LogP contribution >= 0.6 is 0 Å². The third-order valence-corrected chi connectivity index (χ3v) is 4.67. The Kier molecular flexibility index (Phi) is 6.75. The quantitative estimate of drug-likeness (QED) is 0.452. The first-order valence-electron chi connectivity index (χ1n) is 9.59. The molecule has 3 N–H and O–H groups in total. The van der Waals surface area contributed by atoms with Gasteiger partial charge in [-0.25, -0.2) is 0 Å². The van der Waals surface area contributed by atoms with Crippen LogP contribution in [-0.4, -0.2) is 36.1 Å². The van der Waals surface area contributed by atoms with Gasteiger partial charge in [-0.05, 0) is 60.5 Å². The van der Waals surface area contributed by atoms with Gasteiger partial charge >= 0.3 is 0 Å². The average Bonchev–Trinajstić information content (AvgIpc) is 2.77. The zero-order chi connectivity index (χ0) is 22.4. The molecule has 6 nitrogen and oxygen atoms in total. The van der Waals surface area contributed by atoms with Crippen LogP contribution < -0.4 is 14.2 Å². The molecule has 0 radical (unpaired) electrons. The van der Waals surface area contributed by atoms with Gasteiger partial charge in [0.25, 0.3) is 0 Å². The van der Waals surface area contributed by atoms with E-state index >= 15 is 0 Å². The lowest BCUT2D eigenvalue weighted by molar-refractivity contribution is 0.336. The Balaban J connectivity index is 2.08. The van der Waals surface area contributed by atoms with Gasteiger partial charge in [-0.3, -0.25) is 0 Å². The molecule has 0 bridgehead atoms. The van der Waals surface area contributed by atoms with E-state index in [1.807, 2.05) is 6.92 Å². The zero-order valence-electron chi connectivity index (χ0n) is 17.5. The highest BCUT2D eigenvalue weighted by Gasteiger charge is 2.22.